The van der Waals surface area contributed by atoms with Gasteiger partial charge in [0.25, 0.3) is 0 Å². The second-order valence-corrected chi connectivity index (χ2v) is 42.2. The van der Waals surface area contributed by atoms with E-state index < -0.39 is 133 Å². The summed E-state index contributed by atoms with van der Waals surface area (Å²) in [5.41, 5.74) is -2.66. The first kappa shape index (κ1) is 152. The summed E-state index contributed by atoms with van der Waals surface area (Å²) in [6.07, 6.45) is 2.53. The Kier molecular flexibility index (Phi) is 85.1. The SMILES string of the molecule is CC(C)C(C(=O)O)N(C)C(C)C.CC(C)N(C)C(C)(C)C(=O)O.CC(C)N(C)C(C)C(=O)O.CC(C)N(C)C(CO)C(=O)O.CC(C)N(C)C1(C(=O)O)CC1.CC(C)N(C)CP(=O)(O)O.CC(C)NC(C(=O)O)C(C)C.CC(C)NC(C(=O)O)C(C)O.CC(C)NC(C)(C)C(=O)O.CC(C)NC(C)C(=O)O.CC(C)NC1(C(=O)O)CC1.CC(C)NCP(=O)(O)O.CCC(NC(C)C)C(=O)O. The molecular formula is C90H195N13O30P2. The third-order valence-electron chi connectivity index (χ3n) is 20.2. The van der Waals surface area contributed by atoms with Gasteiger partial charge in [-0.25, -0.2) is 0 Å². The fraction of sp³-hybridized carbons (Fsp3) is 0.878. The molecule has 2 fully saturated rings. The van der Waals surface area contributed by atoms with E-state index in [1.54, 1.807) is 65.4 Å². The van der Waals surface area contributed by atoms with Gasteiger partial charge in [0.1, 0.15) is 70.7 Å². The number of aliphatic carboxylic acids is 11. The van der Waals surface area contributed by atoms with E-state index in [0.717, 1.165) is 25.7 Å². The van der Waals surface area contributed by atoms with E-state index in [4.69, 9.17) is 86.0 Å². The lowest BCUT2D eigenvalue weighted by Crippen LogP contribution is -2.50. The van der Waals surface area contributed by atoms with Crippen molar-refractivity contribution in [1.82, 2.24) is 66.6 Å². The maximum Gasteiger partial charge on any atom is 0.339 e. The number of hydrogen-bond donors (Lipinski definition) is 24. The summed E-state index contributed by atoms with van der Waals surface area (Å²) in [6.45, 7) is 70.8. The lowest BCUT2D eigenvalue weighted by molar-refractivity contribution is -0.150. The van der Waals surface area contributed by atoms with Crippen LogP contribution in [0.15, 0.2) is 0 Å². The quantitative estimate of drug-likeness (QED) is 0.0254. The molecule has 2 saturated carbocycles. The van der Waals surface area contributed by atoms with Gasteiger partial charge in [-0.2, -0.15) is 0 Å². The van der Waals surface area contributed by atoms with Crippen LogP contribution in [0.25, 0.3) is 0 Å². The molecule has 2 aliphatic carbocycles. The van der Waals surface area contributed by atoms with Crippen molar-refractivity contribution in [1.29, 1.82) is 0 Å². The average molecular weight is 2000 g/mol. The number of carboxylic acid groups (broad SMARTS) is 11. The molecule has 0 spiro atoms. The molecule has 0 aromatic heterocycles. The van der Waals surface area contributed by atoms with Crippen LogP contribution in [0.2, 0.25) is 0 Å². The fourth-order valence-corrected chi connectivity index (χ4v) is 11.9. The lowest BCUT2D eigenvalue weighted by atomic mass is 10.0. The van der Waals surface area contributed by atoms with E-state index in [1.165, 1.54) is 6.92 Å². The molecule has 24 N–H and O–H groups in total. The molecule has 0 heterocycles. The zero-order valence-electron chi connectivity index (χ0n) is 90.4. The molecule has 0 amide bonds. The van der Waals surface area contributed by atoms with Gasteiger partial charge in [-0.05, 0) is 245 Å². The number of hydrogen-bond acceptors (Lipinski definition) is 28. The van der Waals surface area contributed by atoms with Gasteiger partial charge in [-0.3, -0.25) is 96.6 Å². The highest BCUT2D eigenvalue weighted by molar-refractivity contribution is 7.51. The monoisotopic (exact) mass is 2000 g/mol. The largest absolute Gasteiger partial charge is 0.480 e. The fourth-order valence-electron chi connectivity index (χ4n) is 10.4. The minimum Gasteiger partial charge on any atom is -0.480 e. The van der Waals surface area contributed by atoms with Crippen molar-refractivity contribution in [3.05, 3.63) is 0 Å². The number of carbonyl (C=O) groups is 11. The van der Waals surface area contributed by atoms with Crippen LogP contribution in [0.3, 0.4) is 0 Å². The summed E-state index contributed by atoms with van der Waals surface area (Å²) in [5, 5.41) is 133. The summed E-state index contributed by atoms with van der Waals surface area (Å²) in [4.78, 5) is 160. The van der Waals surface area contributed by atoms with Crippen LogP contribution in [0.1, 0.15) is 295 Å². The van der Waals surface area contributed by atoms with Gasteiger partial charge >= 0.3 is 80.9 Å². The summed E-state index contributed by atoms with van der Waals surface area (Å²) >= 11 is 0. The van der Waals surface area contributed by atoms with Crippen molar-refractivity contribution in [2.45, 2.75) is 444 Å². The molecule has 0 aliphatic heterocycles. The second kappa shape index (κ2) is 75.7. The van der Waals surface area contributed by atoms with Crippen LogP contribution in [0.4, 0.5) is 0 Å². The maximum atomic E-state index is 10.8. The average Bonchev–Trinajstić information content (AvgIpc) is 1.61. The van der Waals surface area contributed by atoms with Gasteiger partial charge < -0.3 is 118 Å². The first-order chi connectivity index (χ1) is 60.3. The molecule has 8 atom stereocenters. The number of aliphatic hydroxyl groups is 2. The highest BCUT2D eigenvalue weighted by Gasteiger charge is 2.54. The number of aliphatic hydroxyl groups excluding tert-OH is 2. The number of nitrogens with zero attached hydrogens (tertiary/aromatic N) is 6. The summed E-state index contributed by atoms with van der Waals surface area (Å²) in [7, 11) is 3.04. The second-order valence-electron chi connectivity index (χ2n) is 39.0. The maximum absolute atomic E-state index is 10.8. The van der Waals surface area contributed by atoms with Gasteiger partial charge in [-0.15, -0.1) is 0 Å². The van der Waals surface area contributed by atoms with Crippen LogP contribution < -0.4 is 37.2 Å². The Bertz CT molecular complexity index is 3220. The molecule has 0 bridgehead atoms. The minimum absolute atomic E-state index is 0.0608. The van der Waals surface area contributed by atoms with Crippen LogP contribution in [-0.2, 0) is 61.9 Å². The molecule has 810 valence electrons. The first-order valence-electron chi connectivity index (χ1n) is 45.9. The van der Waals surface area contributed by atoms with Crippen molar-refractivity contribution in [2.75, 3.05) is 61.5 Å². The Balaban J connectivity index is -0.000000137. The first-order valence-corrected chi connectivity index (χ1v) is 49.5. The highest BCUT2D eigenvalue weighted by atomic mass is 31.2. The molecule has 0 radical (unpaired) electrons. The van der Waals surface area contributed by atoms with Crippen LogP contribution in [0.5, 0.6) is 0 Å². The third kappa shape index (κ3) is 82.3. The Morgan fingerprint density at radius 3 is 0.874 bits per heavy atom. The zero-order valence-corrected chi connectivity index (χ0v) is 92.2. The zero-order chi connectivity index (χ0) is 111. The van der Waals surface area contributed by atoms with Crippen molar-refractivity contribution in [2.24, 2.45) is 11.8 Å². The summed E-state index contributed by atoms with van der Waals surface area (Å²) in [6, 6.07) is -0.899. The summed E-state index contributed by atoms with van der Waals surface area (Å²) in [5.74, 6) is -8.54. The van der Waals surface area contributed by atoms with Crippen molar-refractivity contribution < 1.29 is 148 Å². The Morgan fingerprint density at radius 1 is 0.393 bits per heavy atom. The molecule has 8 unspecified atom stereocenters. The normalized spacial score (nSPS) is 14.9. The van der Waals surface area contributed by atoms with E-state index in [-0.39, 0.29) is 122 Å². The van der Waals surface area contributed by atoms with Crippen LogP contribution >= 0.6 is 15.2 Å². The van der Waals surface area contributed by atoms with E-state index in [2.05, 4.69) is 37.2 Å². The standard InChI is InChI=1S/C9H19NO2.C8H15NO2.2C8H17NO2.2C7H15NO3.C7H13NO2.3C7H15NO2.C6H13NO2.C5H14NO3P.C4H12NO3P/c1-6(2)8(9(11)12)10(5)7(3)4;1-6(2)9(3)8(4-5-8)7(10)11;1-6(2)9(5)8(3,4)7(10)11;1-5(2)7(8(10)11)9-6(3)4;1-5(2)8(3)6(4-9)7(10)11;1-4(2)8-6(5(3)9)7(10)11;1-5(2)8-7(3-4-7)6(9)10;1-5(2)8-7(3,4)6(9)10;1-5(2)8(4)6(3)7(9)10;1-4-6(7(9)10)8-5(2)3;1-4(2)7-5(3)6(8)9;1-5(2)6(3)4-10(7,8)9;1-4(2)5-3-9(6,7)8/h6-8H,1-5H3,(H,11,12);6H,4-5H2,1-3H3,(H,10,11);6H,1-5H3,(H,10,11);5-7,9H,1-4H3,(H,10,11);5-6,9H,4H2,1-3H3,(H,10,11);4-6,8-9H,1-3H3,(H,10,11);5,8H,3-4H2,1-2H3,(H,9,10);5,8H,1-4H3,(H,9,10);5-6H,1-4H3,(H,9,10);5-6,8H,4H2,1-3H3,(H,9,10);4-5,7H,1-3H3,(H,8,9);5H,4H2,1-3H3,(H2,7,8,9);4-5H,3H2,1-2H3,(H2,6,7,8). The van der Waals surface area contributed by atoms with Gasteiger partial charge in [0, 0.05) is 78.5 Å². The van der Waals surface area contributed by atoms with Crippen molar-refractivity contribution in [3.63, 3.8) is 0 Å². The van der Waals surface area contributed by atoms with Crippen molar-refractivity contribution >= 4 is 80.9 Å². The molecule has 0 aromatic carbocycles. The van der Waals surface area contributed by atoms with Gasteiger partial charge in [0.05, 0.1) is 19.0 Å². The van der Waals surface area contributed by atoms with Crippen molar-refractivity contribution in [3.8, 4) is 0 Å². The van der Waals surface area contributed by atoms with Crippen LogP contribution in [0, 0.1) is 11.8 Å². The van der Waals surface area contributed by atoms with E-state index in [1.807, 2.05) is 262 Å². The minimum atomic E-state index is -3.85. The molecule has 135 heavy (non-hydrogen) atoms. The predicted molar refractivity (Wildman–Crippen MR) is 532 cm³/mol. The lowest BCUT2D eigenvalue weighted by Gasteiger charge is -2.34. The van der Waals surface area contributed by atoms with E-state index in [9.17, 15) is 61.9 Å². The molecule has 2 rings (SSSR count). The topological polar surface area (TPSA) is 669 Å². The third-order valence-corrected chi connectivity index (χ3v) is 21.6. The number of rotatable bonds is 44. The summed E-state index contributed by atoms with van der Waals surface area (Å²) < 4.78 is 20.6. The Hall–Kier alpha value is -6.13. The number of nitrogens with one attached hydrogen (secondary N) is 7. The van der Waals surface area contributed by atoms with E-state index in [0.29, 0.717) is 12.5 Å². The molecule has 0 aromatic rings. The van der Waals surface area contributed by atoms with E-state index >= 15 is 0 Å². The van der Waals surface area contributed by atoms with Gasteiger partial charge in [-0.1, -0.05) is 104 Å². The Labute approximate surface area is 809 Å². The number of carboxylic acids is 11. The predicted octanol–water partition coefficient (Wildman–Crippen LogP) is 8.39. The molecule has 2 aliphatic rings. The highest BCUT2D eigenvalue weighted by Crippen LogP contribution is 2.42. The van der Waals surface area contributed by atoms with Gasteiger partial charge in [0.15, 0.2) is 0 Å². The number of likely N-dealkylation sites (N-methyl/N-ethyl adjacent to an activating group) is 5. The molecule has 45 heteroatoms. The smallest absolute Gasteiger partial charge is 0.339 e. The molecule has 0 saturated heterocycles. The molecular weight excluding hydrogens is 1800 g/mol. The van der Waals surface area contributed by atoms with Gasteiger partial charge in [0.2, 0.25) is 0 Å². The molecule has 43 nitrogen and oxygen atoms in total. The Morgan fingerprint density at radius 2 is 0.778 bits per heavy atom. The van der Waals surface area contributed by atoms with Crippen LogP contribution in [-0.4, -0.2) is 392 Å².